The van der Waals surface area contributed by atoms with E-state index in [9.17, 15) is 24.6 Å². The molecule has 1 saturated heterocycles. The van der Waals surface area contributed by atoms with Gasteiger partial charge in [0.15, 0.2) is 11.9 Å². The van der Waals surface area contributed by atoms with E-state index < -0.39 is 47.1 Å². The molecule has 0 aromatic heterocycles. The van der Waals surface area contributed by atoms with Gasteiger partial charge in [0, 0.05) is 6.92 Å². The van der Waals surface area contributed by atoms with Gasteiger partial charge in [-0.2, -0.15) is 0 Å². The molecular weight excluding hydrogens is 280 g/mol. The van der Waals surface area contributed by atoms with Crippen molar-refractivity contribution in [3.05, 3.63) is 0 Å². The Balaban J connectivity index is 3.06. The van der Waals surface area contributed by atoms with Crippen LogP contribution in [0.15, 0.2) is 0 Å². The number of hydrogen-bond donors (Lipinski definition) is 4. The minimum atomic E-state index is -2.94. The summed E-state index contributed by atoms with van der Waals surface area (Å²) in [5, 5.41) is 28.7. The number of carboxylic acids is 1. The molecule has 0 aliphatic carbocycles. The maximum Gasteiger partial charge on any atom is 0.346 e. The SMILES string of the molecule is CC(=O)O[C@@H]1[C@@H](O)[C@@H]([C@@](O)(C(C)=O)C(=O)O)O[C@@H]1S. The Hall–Kier alpha value is -1.16. The van der Waals surface area contributed by atoms with Crippen LogP contribution < -0.4 is 0 Å². The summed E-state index contributed by atoms with van der Waals surface area (Å²) >= 11 is 3.87. The van der Waals surface area contributed by atoms with Crippen molar-refractivity contribution in [2.45, 2.75) is 43.2 Å². The Kier molecular flexibility index (Phi) is 4.56. The van der Waals surface area contributed by atoms with E-state index in [1.807, 2.05) is 0 Å². The van der Waals surface area contributed by atoms with Gasteiger partial charge in [0.25, 0.3) is 0 Å². The number of carbonyl (C=O) groups is 3. The molecule has 0 unspecified atom stereocenters. The van der Waals surface area contributed by atoms with Crippen LogP contribution in [-0.2, 0) is 23.9 Å². The van der Waals surface area contributed by atoms with Crippen molar-refractivity contribution in [1.82, 2.24) is 0 Å². The zero-order valence-corrected chi connectivity index (χ0v) is 11.0. The van der Waals surface area contributed by atoms with Crippen molar-refractivity contribution in [3.8, 4) is 0 Å². The van der Waals surface area contributed by atoms with Crippen LogP contribution in [0.3, 0.4) is 0 Å². The molecule has 0 amide bonds. The van der Waals surface area contributed by atoms with Gasteiger partial charge in [0.05, 0.1) is 0 Å². The maximum absolute atomic E-state index is 11.3. The average Bonchev–Trinajstić information content (AvgIpc) is 2.55. The molecule has 1 aliphatic rings. The summed E-state index contributed by atoms with van der Waals surface area (Å²) in [6, 6.07) is 0. The number of ketones is 1. The molecular formula is C10H14O8S. The van der Waals surface area contributed by atoms with Gasteiger partial charge in [-0.3, -0.25) is 9.59 Å². The number of aliphatic carboxylic acids is 1. The van der Waals surface area contributed by atoms with Gasteiger partial charge in [-0.1, -0.05) is 0 Å². The monoisotopic (exact) mass is 294 g/mol. The second-order valence-electron chi connectivity index (χ2n) is 4.14. The quantitative estimate of drug-likeness (QED) is 0.275. The molecule has 19 heavy (non-hydrogen) atoms. The average molecular weight is 294 g/mol. The summed E-state index contributed by atoms with van der Waals surface area (Å²) in [4.78, 5) is 33.2. The molecule has 1 aliphatic heterocycles. The van der Waals surface area contributed by atoms with Crippen LogP contribution in [0.2, 0.25) is 0 Å². The first kappa shape index (κ1) is 15.9. The molecule has 0 bridgehead atoms. The van der Waals surface area contributed by atoms with E-state index in [0.29, 0.717) is 0 Å². The molecule has 8 nitrogen and oxygen atoms in total. The highest BCUT2D eigenvalue weighted by molar-refractivity contribution is 7.80. The first-order chi connectivity index (χ1) is 8.62. The van der Waals surface area contributed by atoms with Crippen LogP contribution in [0.5, 0.6) is 0 Å². The number of thiol groups is 1. The number of rotatable bonds is 4. The number of esters is 1. The third-order valence-electron chi connectivity index (χ3n) is 2.79. The van der Waals surface area contributed by atoms with Gasteiger partial charge in [-0.05, 0) is 6.92 Å². The zero-order chi connectivity index (χ0) is 15.0. The lowest BCUT2D eigenvalue weighted by atomic mass is 9.88. The van der Waals surface area contributed by atoms with Gasteiger partial charge < -0.3 is 24.8 Å². The van der Waals surface area contributed by atoms with E-state index in [1.165, 1.54) is 0 Å². The van der Waals surface area contributed by atoms with Crippen LogP contribution in [0, 0.1) is 0 Å². The predicted octanol–water partition coefficient (Wildman–Crippen LogP) is -1.66. The predicted molar refractivity (Wildman–Crippen MR) is 62.5 cm³/mol. The van der Waals surface area contributed by atoms with E-state index in [-0.39, 0.29) is 0 Å². The van der Waals surface area contributed by atoms with Gasteiger partial charge in [0.1, 0.15) is 17.6 Å². The van der Waals surface area contributed by atoms with E-state index in [1.54, 1.807) is 0 Å². The highest BCUT2D eigenvalue weighted by Gasteiger charge is 2.60. The van der Waals surface area contributed by atoms with Gasteiger partial charge in [-0.15, -0.1) is 12.6 Å². The lowest BCUT2D eigenvalue weighted by Crippen LogP contribution is -2.59. The van der Waals surface area contributed by atoms with Crippen molar-refractivity contribution in [3.63, 3.8) is 0 Å². The fourth-order valence-corrected chi connectivity index (χ4v) is 2.16. The second-order valence-corrected chi connectivity index (χ2v) is 4.65. The van der Waals surface area contributed by atoms with E-state index in [2.05, 4.69) is 12.6 Å². The molecule has 9 heteroatoms. The van der Waals surface area contributed by atoms with Crippen molar-refractivity contribution in [2.24, 2.45) is 0 Å². The van der Waals surface area contributed by atoms with E-state index >= 15 is 0 Å². The third-order valence-corrected chi connectivity index (χ3v) is 3.21. The van der Waals surface area contributed by atoms with Crippen molar-refractivity contribution >= 4 is 30.4 Å². The summed E-state index contributed by atoms with van der Waals surface area (Å²) < 4.78 is 9.68. The van der Waals surface area contributed by atoms with Crippen molar-refractivity contribution < 1.29 is 39.2 Å². The minimum absolute atomic E-state index is 0.742. The Bertz CT molecular complexity index is 394. The topological polar surface area (TPSA) is 130 Å². The third kappa shape index (κ3) is 2.73. The first-order valence-corrected chi connectivity index (χ1v) is 5.79. The number of aliphatic hydroxyl groups excluding tert-OH is 1. The molecule has 0 aromatic rings. The number of Topliss-reactive ketones (excluding diaryl/α,β-unsaturated/α-hetero) is 1. The van der Waals surface area contributed by atoms with Gasteiger partial charge >= 0.3 is 11.9 Å². The summed E-state index contributed by atoms with van der Waals surface area (Å²) in [6.07, 6.45) is -4.76. The number of aliphatic hydroxyl groups is 2. The molecule has 3 N–H and O–H groups in total. The summed E-state index contributed by atoms with van der Waals surface area (Å²) in [7, 11) is 0. The Labute approximate surface area is 113 Å². The standard InChI is InChI=1S/C10H14O8S/c1-3(11)10(16,9(14)15)7-5(13)6(8(19)18-7)17-4(2)12/h5-8,13,16,19H,1-2H3,(H,14,15)/t5-,6-,7+,8-,10+/m1/s1. The summed E-state index contributed by atoms with van der Waals surface area (Å²) in [5.74, 6) is -3.73. The molecule has 5 atom stereocenters. The molecule has 0 aromatic carbocycles. The molecule has 108 valence electrons. The minimum Gasteiger partial charge on any atom is -0.479 e. The van der Waals surface area contributed by atoms with E-state index in [0.717, 1.165) is 13.8 Å². The van der Waals surface area contributed by atoms with Crippen LogP contribution in [0.25, 0.3) is 0 Å². The van der Waals surface area contributed by atoms with Crippen molar-refractivity contribution in [1.29, 1.82) is 0 Å². The number of carbonyl (C=O) groups excluding carboxylic acids is 2. The molecule has 0 saturated carbocycles. The lowest BCUT2D eigenvalue weighted by Gasteiger charge is -2.28. The van der Waals surface area contributed by atoms with Crippen molar-refractivity contribution in [2.75, 3.05) is 0 Å². The van der Waals surface area contributed by atoms with Crippen LogP contribution >= 0.6 is 12.6 Å². The van der Waals surface area contributed by atoms with Crippen LogP contribution in [0.4, 0.5) is 0 Å². The number of ether oxygens (including phenoxy) is 2. The second kappa shape index (κ2) is 5.45. The number of carboxylic acid groups (broad SMARTS) is 1. The first-order valence-electron chi connectivity index (χ1n) is 5.28. The molecule has 1 rings (SSSR count). The fourth-order valence-electron chi connectivity index (χ4n) is 1.79. The summed E-state index contributed by atoms with van der Waals surface area (Å²) in [5.41, 5.74) is -4.09. The number of hydrogen-bond acceptors (Lipinski definition) is 8. The van der Waals surface area contributed by atoms with Crippen LogP contribution in [-0.4, -0.2) is 62.4 Å². The molecule has 0 radical (unpaired) electrons. The fraction of sp³-hybridized carbons (Fsp3) is 0.700. The Morgan fingerprint density at radius 1 is 1.32 bits per heavy atom. The smallest absolute Gasteiger partial charge is 0.346 e. The Morgan fingerprint density at radius 2 is 1.84 bits per heavy atom. The maximum atomic E-state index is 11.3. The normalized spacial score (nSPS) is 33.5. The largest absolute Gasteiger partial charge is 0.479 e. The van der Waals surface area contributed by atoms with E-state index in [4.69, 9.17) is 14.6 Å². The zero-order valence-electron chi connectivity index (χ0n) is 10.1. The van der Waals surface area contributed by atoms with Gasteiger partial charge in [0.2, 0.25) is 5.60 Å². The molecule has 0 spiro atoms. The van der Waals surface area contributed by atoms with Gasteiger partial charge in [-0.25, -0.2) is 4.79 Å². The molecule has 1 fully saturated rings. The Morgan fingerprint density at radius 3 is 2.21 bits per heavy atom. The lowest BCUT2D eigenvalue weighted by molar-refractivity contribution is -0.184. The molecule has 1 heterocycles. The highest BCUT2D eigenvalue weighted by Crippen LogP contribution is 2.33. The highest BCUT2D eigenvalue weighted by atomic mass is 32.1. The van der Waals surface area contributed by atoms with Crippen LogP contribution in [0.1, 0.15) is 13.8 Å². The summed E-state index contributed by atoms with van der Waals surface area (Å²) in [6.45, 7) is 1.92.